The van der Waals surface area contributed by atoms with Crippen LogP contribution in [-0.2, 0) is 0 Å². The third-order valence-corrected chi connectivity index (χ3v) is 4.71. The molecule has 2 heterocycles. The van der Waals surface area contributed by atoms with Crippen molar-refractivity contribution in [3.05, 3.63) is 87.8 Å². The van der Waals surface area contributed by atoms with E-state index in [2.05, 4.69) is 0 Å². The molecule has 0 radical (unpaired) electrons. The zero-order chi connectivity index (χ0) is 20.7. The average Bonchev–Trinajstić information content (AvgIpc) is 3.33. The number of nitrogens with two attached hydrogens (primary N) is 1. The van der Waals surface area contributed by atoms with Crippen LogP contribution in [0.3, 0.4) is 0 Å². The molecule has 29 heavy (non-hydrogen) atoms. The minimum Gasteiger partial charge on any atom is -0.451 e. The van der Waals surface area contributed by atoms with Crippen LogP contribution in [0.15, 0.2) is 65.2 Å². The van der Waals surface area contributed by atoms with Gasteiger partial charge in [0.05, 0.1) is 16.0 Å². The van der Waals surface area contributed by atoms with E-state index in [0.717, 1.165) is 5.56 Å². The van der Waals surface area contributed by atoms with E-state index in [9.17, 15) is 19.7 Å². The summed E-state index contributed by atoms with van der Waals surface area (Å²) >= 11 is 0. The van der Waals surface area contributed by atoms with Gasteiger partial charge in [-0.05, 0) is 30.7 Å². The third-order valence-electron chi connectivity index (χ3n) is 4.71. The number of benzene rings is 2. The van der Waals surface area contributed by atoms with Gasteiger partial charge in [0.2, 0.25) is 0 Å². The van der Waals surface area contributed by atoms with Crippen LogP contribution in [0.4, 0.5) is 5.69 Å². The molecule has 0 aliphatic rings. The molecule has 1 amide bonds. The number of aromatic nitrogens is 1. The molecule has 0 spiro atoms. The fourth-order valence-electron chi connectivity index (χ4n) is 3.25. The molecule has 0 atom stereocenters. The summed E-state index contributed by atoms with van der Waals surface area (Å²) in [5.74, 6) is -0.757. The van der Waals surface area contributed by atoms with Gasteiger partial charge in [0.1, 0.15) is 5.76 Å². The largest absolute Gasteiger partial charge is 0.451 e. The Hall–Kier alpha value is -4.20. The van der Waals surface area contributed by atoms with Gasteiger partial charge in [-0.25, -0.2) is 0 Å². The van der Waals surface area contributed by atoms with Crippen molar-refractivity contribution < 1.29 is 18.9 Å². The zero-order valence-electron chi connectivity index (χ0n) is 15.3. The number of aryl methyl sites for hydroxylation is 1. The molecule has 2 aromatic carbocycles. The number of hydrogen-bond acceptors (Lipinski definition) is 5. The third kappa shape index (κ3) is 3.06. The second kappa shape index (κ2) is 6.75. The van der Waals surface area contributed by atoms with E-state index in [1.54, 1.807) is 43.3 Å². The molecule has 8 heteroatoms. The van der Waals surface area contributed by atoms with E-state index in [1.165, 1.54) is 29.0 Å². The van der Waals surface area contributed by atoms with E-state index in [1.807, 2.05) is 0 Å². The van der Waals surface area contributed by atoms with Crippen LogP contribution in [0.5, 0.6) is 0 Å². The SMILES string of the molecule is Cc1ccc([N+](=O)[O-])cc1-c1ccc(C(=O)n2cc(C(N)=O)c3ccccc32)o1. The minimum absolute atomic E-state index is 0.0303. The fourth-order valence-corrected chi connectivity index (χ4v) is 3.25. The van der Waals surface area contributed by atoms with E-state index >= 15 is 0 Å². The molecule has 0 aliphatic carbocycles. The molecular weight excluding hydrogens is 374 g/mol. The molecule has 2 N–H and O–H groups in total. The van der Waals surface area contributed by atoms with Crippen molar-refractivity contribution in [1.82, 2.24) is 4.57 Å². The maximum atomic E-state index is 13.0. The molecule has 0 unspecified atom stereocenters. The van der Waals surface area contributed by atoms with Crippen LogP contribution in [0.1, 0.15) is 26.5 Å². The quantitative estimate of drug-likeness (QED) is 0.419. The number of furan rings is 1. The number of para-hydroxylation sites is 1. The first-order valence-electron chi connectivity index (χ1n) is 8.66. The zero-order valence-corrected chi connectivity index (χ0v) is 15.3. The van der Waals surface area contributed by atoms with Crippen LogP contribution in [0, 0.1) is 17.0 Å². The summed E-state index contributed by atoms with van der Waals surface area (Å²) in [6.07, 6.45) is 1.39. The fraction of sp³-hybridized carbons (Fsp3) is 0.0476. The Bertz CT molecular complexity index is 1300. The Balaban J connectivity index is 1.78. The number of primary amides is 1. The first-order valence-corrected chi connectivity index (χ1v) is 8.66. The predicted octanol–water partition coefficient (Wildman–Crippen LogP) is 3.91. The number of rotatable bonds is 4. The minimum atomic E-state index is -0.639. The highest BCUT2D eigenvalue weighted by Gasteiger charge is 2.21. The number of fused-ring (bicyclic) bond motifs is 1. The molecule has 8 nitrogen and oxygen atoms in total. The monoisotopic (exact) mass is 389 g/mol. The number of carbonyl (C=O) groups is 2. The van der Waals surface area contributed by atoms with Crippen LogP contribution >= 0.6 is 0 Å². The smallest absolute Gasteiger partial charge is 0.298 e. The van der Waals surface area contributed by atoms with Gasteiger partial charge in [0.25, 0.3) is 17.5 Å². The molecule has 2 aromatic heterocycles. The summed E-state index contributed by atoms with van der Waals surface area (Å²) in [5.41, 5.74) is 7.40. The van der Waals surface area contributed by atoms with Crippen molar-refractivity contribution in [3.63, 3.8) is 0 Å². The number of amides is 1. The van der Waals surface area contributed by atoms with Crippen molar-refractivity contribution in [1.29, 1.82) is 0 Å². The van der Waals surface area contributed by atoms with E-state index < -0.39 is 16.7 Å². The molecule has 0 fully saturated rings. The van der Waals surface area contributed by atoms with E-state index in [4.69, 9.17) is 10.2 Å². The highest BCUT2D eigenvalue weighted by molar-refractivity contribution is 6.10. The Morgan fingerprint density at radius 3 is 2.59 bits per heavy atom. The van der Waals surface area contributed by atoms with Gasteiger partial charge in [-0.15, -0.1) is 0 Å². The molecule has 0 saturated carbocycles. The standard InChI is InChI=1S/C21H15N3O5/c1-12-6-7-13(24(27)28)10-15(12)18-8-9-19(29-18)21(26)23-11-16(20(22)25)14-4-2-3-5-17(14)23/h2-11H,1H3,(H2,22,25). The van der Waals surface area contributed by atoms with Crippen LogP contribution in [0.25, 0.3) is 22.2 Å². The summed E-state index contributed by atoms with van der Waals surface area (Å²) in [6, 6.07) is 14.4. The number of hydrogen-bond donors (Lipinski definition) is 1. The van der Waals surface area contributed by atoms with Crippen molar-refractivity contribution >= 4 is 28.4 Å². The first kappa shape index (κ1) is 18.2. The van der Waals surface area contributed by atoms with Crippen molar-refractivity contribution in [2.75, 3.05) is 0 Å². The van der Waals surface area contributed by atoms with E-state index in [-0.39, 0.29) is 17.0 Å². The molecule has 0 aliphatic heterocycles. The molecular formula is C21H15N3O5. The summed E-state index contributed by atoms with van der Waals surface area (Å²) in [4.78, 5) is 35.3. The number of carbonyl (C=O) groups excluding carboxylic acids is 2. The van der Waals surface area contributed by atoms with Gasteiger partial charge < -0.3 is 10.2 Å². The summed E-state index contributed by atoms with van der Waals surface area (Å²) < 4.78 is 7.01. The predicted molar refractivity (Wildman–Crippen MR) is 106 cm³/mol. The normalized spacial score (nSPS) is 10.9. The van der Waals surface area contributed by atoms with Gasteiger partial charge in [-0.3, -0.25) is 24.3 Å². The molecule has 0 bridgehead atoms. The lowest BCUT2D eigenvalue weighted by Crippen LogP contribution is -2.12. The number of nitro benzene ring substituents is 1. The highest BCUT2D eigenvalue weighted by Crippen LogP contribution is 2.30. The second-order valence-corrected chi connectivity index (χ2v) is 6.52. The van der Waals surface area contributed by atoms with Crippen molar-refractivity contribution in [3.8, 4) is 11.3 Å². The average molecular weight is 389 g/mol. The van der Waals surface area contributed by atoms with Gasteiger partial charge >= 0.3 is 0 Å². The maximum Gasteiger partial charge on any atom is 0.298 e. The van der Waals surface area contributed by atoms with Gasteiger partial charge in [-0.1, -0.05) is 24.3 Å². The molecule has 4 aromatic rings. The number of nitrogens with zero attached hydrogens (tertiary/aromatic N) is 2. The van der Waals surface area contributed by atoms with Crippen molar-refractivity contribution in [2.45, 2.75) is 6.92 Å². The topological polar surface area (TPSA) is 121 Å². The summed E-state index contributed by atoms with van der Waals surface area (Å²) in [5, 5.41) is 11.6. The lowest BCUT2D eigenvalue weighted by molar-refractivity contribution is -0.384. The van der Waals surface area contributed by atoms with Gasteiger partial charge in [0.15, 0.2) is 5.76 Å². The van der Waals surface area contributed by atoms with Crippen LogP contribution < -0.4 is 5.73 Å². The number of nitro groups is 1. The van der Waals surface area contributed by atoms with Crippen molar-refractivity contribution in [2.24, 2.45) is 5.73 Å². The molecule has 144 valence electrons. The summed E-state index contributed by atoms with van der Waals surface area (Å²) in [7, 11) is 0. The van der Waals surface area contributed by atoms with Crippen LogP contribution in [0.2, 0.25) is 0 Å². The van der Waals surface area contributed by atoms with Gasteiger partial charge in [-0.2, -0.15) is 0 Å². The van der Waals surface area contributed by atoms with Crippen LogP contribution in [-0.4, -0.2) is 21.3 Å². The maximum absolute atomic E-state index is 13.0. The Labute approximate surface area is 164 Å². The molecule has 4 rings (SSSR count). The summed E-state index contributed by atoms with van der Waals surface area (Å²) in [6.45, 7) is 1.79. The highest BCUT2D eigenvalue weighted by atomic mass is 16.6. The second-order valence-electron chi connectivity index (χ2n) is 6.52. The molecule has 0 saturated heterocycles. The Morgan fingerprint density at radius 2 is 1.86 bits per heavy atom. The van der Waals surface area contributed by atoms with Gasteiger partial charge in [0, 0.05) is 29.3 Å². The Kier molecular flexibility index (Phi) is 4.23. The number of non-ortho nitro benzene ring substituents is 1. The lowest BCUT2D eigenvalue weighted by Gasteiger charge is -2.03. The van der Waals surface area contributed by atoms with E-state index in [0.29, 0.717) is 22.2 Å². The lowest BCUT2D eigenvalue weighted by atomic mass is 10.1. The first-order chi connectivity index (χ1) is 13.9. The Morgan fingerprint density at radius 1 is 1.10 bits per heavy atom.